The predicted molar refractivity (Wildman–Crippen MR) is 80.3 cm³/mol. The number of aromatic nitrogens is 4. The molecule has 1 aromatic carbocycles. The van der Waals surface area contributed by atoms with Gasteiger partial charge in [-0.1, -0.05) is 25.4 Å². The smallest absolute Gasteiger partial charge is 0.244 e. The Morgan fingerprint density at radius 1 is 1.43 bits per heavy atom. The molecule has 3 N–H and O–H groups in total. The molecule has 7 nitrogen and oxygen atoms in total. The van der Waals surface area contributed by atoms with Gasteiger partial charge in [-0.3, -0.25) is 4.79 Å². The lowest BCUT2D eigenvalue weighted by Crippen LogP contribution is -2.50. The summed E-state index contributed by atoms with van der Waals surface area (Å²) in [6.07, 6.45) is 2.54. The first-order valence-electron chi connectivity index (χ1n) is 6.63. The number of benzene rings is 1. The van der Waals surface area contributed by atoms with Gasteiger partial charge < -0.3 is 11.1 Å². The molecule has 0 fully saturated rings. The van der Waals surface area contributed by atoms with Crippen LogP contribution in [0.25, 0.3) is 5.69 Å². The van der Waals surface area contributed by atoms with Gasteiger partial charge in [0.05, 0.1) is 21.9 Å². The Labute approximate surface area is 127 Å². The Hall–Kier alpha value is -1.99. The van der Waals surface area contributed by atoms with Crippen LogP contribution in [0.15, 0.2) is 24.5 Å². The molecule has 1 heterocycles. The predicted octanol–water partition coefficient (Wildman–Crippen LogP) is 1.77. The van der Waals surface area contributed by atoms with Crippen molar-refractivity contribution < 1.29 is 4.79 Å². The average Bonchev–Trinajstić information content (AvgIpc) is 3.02. The van der Waals surface area contributed by atoms with Crippen LogP contribution < -0.4 is 11.1 Å². The summed E-state index contributed by atoms with van der Waals surface area (Å²) in [6, 6.07) is 5.12. The normalized spacial score (nSPS) is 11.4. The van der Waals surface area contributed by atoms with Gasteiger partial charge in [-0.05, 0) is 41.5 Å². The summed E-state index contributed by atoms with van der Waals surface area (Å²) in [5.74, 6) is -0.261. The quantitative estimate of drug-likeness (QED) is 0.877. The Morgan fingerprint density at radius 3 is 2.71 bits per heavy atom. The molecule has 0 saturated carbocycles. The van der Waals surface area contributed by atoms with Gasteiger partial charge in [0.1, 0.15) is 6.33 Å². The third kappa shape index (κ3) is 3.20. The second kappa shape index (κ2) is 6.19. The van der Waals surface area contributed by atoms with E-state index in [1.54, 1.807) is 18.2 Å². The van der Waals surface area contributed by atoms with Gasteiger partial charge >= 0.3 is 0 Å². The molecule has 0 atom stereocenters. The molecule has 0 aliphatic heterocycles. The second-order valence-corrected chi connectivity index (χ2v) is 5.14. The summed E-state index contributed by atoms with van der Waals surface area (Å²) in [5, 5.41) is 14.1. The molecule has 0 saturated heterocycles. The van der Waals surface area contributed by atoms with Crippen molar-refractivity contribution in [3.63, 3.8) is 0 Å². The molecule has 1 aromatic heterocycles. The molecule has 112 valence electrons. The summed E-state index contributed by atoms with van der Waals surface area (Å²) >= 11 is 6.12. The molecule has 2 rings (SSSR count). The third-order valence-electron chi connectivity index (χ3n) is 3.53. The largest absolute Gasteiger partial charge is 0.323 e. The van der Waals surface area contributed by atoms with E-state index in [0.29, 0.717) is 29.2 Å². The summed E-state index contributed by atoms with van der Waals surface area (Å²) < 4.78 is 1.47. The summed E-state index contributed by atoms with van der Waals surface area (Å²) in [7, 11) is 0. The number of tetrazole rings is 1. The maximum absolute atomic E-state index is 12.3. The number of hydrogen-bond acceptors (Lipinski definition) is 5. The van der Waals surface area contributed by atoms with Crippen LogP contribution in [0.4, 0.5) is 5.69 Å². The van der Waals surface area contributed by atoms with Crippen LogP contribution in [-0.4, -0.2) is 31.7 Å². The van der Waals surface area contributed by atoms with Crippen molar-refractivity contribution in [3.8, 4) is 5.69 Å². The molecule has 2 aromatic rings. The molecule has 21 heavy (non-hydrogen) atoms. The number of rotatable bonds is 5. The van der Waals surface area contributed by atoms with E-state index in [1.807, 2.05) is 13.8 Å². The molecule has 8 heteroatoms. The minimum absolute atomic E-state index is 0.261. The van der Waals surface area contributed by atoms with Gasteiger partial charge in [-0.25, -0.2) is 4.68 Å². The number of halogens is 1. The zero-order chi connectivity index (χ0) is 15.5. The molecule has 1 amide bonds. The van der Waals surface area contributed by atoms with Crippen LogP contribution in [0.2, 0.25) is 5.02 Å². The molecule has 0 radical (unpaired) electrons. The molecular weight excluding hydrogens is 292 g/mol. The SMILES string of the molecule is CCC(N)(CC)C(=O)Nc1cc(-n2cnnn2)ccc1Cl. The van der Waals surface area contributed by atoms with E-state index < -0.39 is 5.54 Å². The first-order valence-corrected chi connectivity index (χ1v) is 7.01. The molecule has 0 unspecified atom stereocenters. The summed E-state index contributed by atoms with van der Waals surface area (Å²) in [6.45, 7) is 3.75. The Kier molecular flexibility index (Phi) is 4.54. The number of carbonyl (C=O) groups is 1. The molecule has 0 aliphatic rings. The van der Waals surface area contributed by atoms with E-state index in [9.17, 15) is 4.79 Å². The van der Waals surface area contributed by atoms with Crippen LogP contribution in [-0.2, 0) is 4.79 Å². The number of nitrogens with one attached hydrogen (secondary N) is 1. The third-order valence-corrected chi connectivity index (χ3v) is 3.86. The lowest BCUT2D eigenvalue weighted by Gasteiger charge is -2.25. The molecule has 0 spiro atoms. The van der Waals surface area contributed by atoms with Crippen LogP contribution in [0, 0.1) is 0 Å². The number of hydrogen-bond donors (Lipinski definition) is 2. The van der Waals surface area contributed by atoms with Gasteiger partial charge in [0.25, 0.3) is 0 Å². The zero-order valence-corrected chi connectivity index (χ0v) is 12.6. The number of carbonyl (C=O) groups excluding carboxylic acids is 1. The highest BCUT2D eigenvalue weighted by Gasteiger charge is 2.30. The highest BCUT2D eigenvalue weighted by Crippen LogP contribution is 2.26. The van der Waals surface area contributed by atoms with Crippen molar-refractivity contribution in [1.29, 1.82) is 0 Å². The van der Waals surface area contributed by atoms with Crippen molar-refractivity contribution in [2.45, 2.75) is 32.2 Å². The van der Waals surface area contributed by atoms with E-state index >= 15 is 0 Å². The molecule has 0 bridgehead atoms. The first kappa shape index (κ1) is 15.4. The molecular formula is C13H17ClN6O. The number of anilines is 1. The van der Waals surface area contributed by atoms with E-state index in [1.165, 1.54) is 11.0 Å². The van der Waals surface area contributed by atoms with Crippen LogP contribution in [0.3, 0.4) is 0 Å². The maximum Gasteiger partial charge on any atom is 0.244 e. The minimum atomic E-state index is -0.909. The van der Waals surface area contributed by atoms with Crippen molar-refractivity contribution in [2.24, 2.45) is 5.73 Å². The Morgan fingerprint density at radius 2 is 2.14 bits per heavy atom. The highest BCUT2D eigenvalue weighted by molar-refractivity contribution is 6.33. The van der Waals surface area contributed by atoms with E-state index in [-0.39, 0.29) is 5.91 Å². The Bertz CT molecular complexity index is 624. The van der Waals surface area contributed by atoms with Crippen LogP contribution in [0.1, 0.15) is 26.7 Å². The van der Waals surface area contributed by atoms with Gasteiger partial charge in [-0.15, -0.1) is 5.10 Å². The average molecular weight is 309 g/mol. The van der Waals surface area contributed by atoms with E-state index in [2.05, 4.69) is 20.8 Å². The number of nitrogens with two attached hydrogens (primary N) is 1. The van der Waals surface area contributed by atoms with Crippen molar-refractivity contribution in [3.05, 3.63) is 29.5 Å². The zero-order valence-electron chi connectivity index (χ0n) is 11.9. The fraction of sp³-hybridized carbons (Fsp3) is 0.385. The van der Waals surface area contributed by atoms with E-state index in [4.69, 9.17) is 17.3 Å². The van der Waals surface area contributed by atoms with Crippen molar-refractivity contribution >= 4 is 23.2 Å². The van der Waals surface area contributed by atoms with Crippen LogP contribution in [0.5, 0.6) is 0 Å². The van der Waals surface area contributed by atoms with Gasteiger partial charge in [0.15, 0.2) is 0 Å². The maximum atomic E-state index is 12.3. The lowest BCUT2D eigenvalue weighted by molar-refractivity contribution is -0.121. The highest BCUT2D eigenvalue weighted by atomic mass is 35.5. The topological polar surface area (TPSA) is 98.7 Å². The van der Waals surface area contributed by atoms with Gasteiger partial charge in [0.2, 0.25) is 5.91 Å². The fourth-order valence-corrected chi connectivity index (χ4v) is 2.01. The Balaban J connectivity index is 2.28. The fourth-order valence-electron chi connectivity index (χ4n) is 1.85. The van der Waals surface area contributed by atoms with Crippen molar-refractivity contribution in [2.75, 3.05) is 5.32 Å². The summed E-state index contributed by atoms with van der Waals surface area (Å²) in [5.41, 5.74) is 6.34. The van der Waals surface area contributed by atoms with E-state index in [0.717, 1.165) is 0 Å². The summed E-state index contributed by atoms with van der Waals surface area (Å²) in [4.78, 5) is 12.3. The molecule has 0 aliphatic carbocycles. The van der Waals surface area contributed by atoms with Crippen LogP contribution >= 0.6 is 11.6 Å². The van der Waals surface area contributed by atoms with Gasteiger partial charge in [0, 0.05) is 0 Å². The lowest BCUT2D eigenvalue weighted by atomic mass is 9.93. The van der Waals surface area contributed by atoms with Crippen molar-refractivity contribution in [1.82, 2.24) is 20.2 Å². The monoisotopic (exact) mass is 308 g/mol. The minimum Gasteiger partial charge on any atom is -0.323 e. The first-order chi connectivity index (χ1) is 10.00. The number of amides is 1. The second-order valence-electron chi connectivity index (χ2n) is 4.74. The van der Waals surface area contributed by atoms with Gasteiger partial charge in [-0.2, -0.15) is 0 Å². The standard InChI is InChI=1S/C13H17ClN6O/c1-3-13(15,4-2)12(21)17-11-7-9(5-6-10(11)14)20-8-16-18-19-20/h5-8H,3-4,15H2,1-2H3,(H,17,21). The number of nitrogens with zero attached hydrogens (tertiary/aromatic N) is 4.